The maximum atomic E-state index is 11.6. The number of rotatable bonds is 4. The number of aromatic nitrogens is 2. The summed E-state index contributed by atoms with van der Waals surface area (Å²) in [5.41, 5.74) is -0.0311. The van der Waals surface area contributed by atoms with Crippen molar-refractivity contribution in [3.63, 3.8) is 0 Å². The van der Waals surface area contributed by atoms with Crippen LogP contribution in [-0.4, -0.2) is 16.5 Å². The minimum atomic E-state index is -0.0311. The third-order valence-electron chi connectivity index (χ3n) is 4.34. The zero-order valence-electron chi connectivity index (χ0n) is 11.6. The molecule has 1 heterocycles. The van der Waals surface area contributed by atoms with Crippen LogP contribution < -0.4 is 10.9 Å². The maximum Gasteiger partial charge on any atom is 0.252 e. The largest absolute Gasteiger partial charge is 0.370 e. The standard InChI is InChI=1S/C15H23N3O/c1-10-3-2-4-11(7-10)9-16-13-8-14(19)18-15(17-13)12-5-6-12/h8,10-12H,2-7,9H2,1H3,(H2,16,17,18,19). The van der Waals surface area contributed by atoms with E-state index in [1.165, 1.54) is 25.7 Å². The van der Waals surface area contributed by atoms with Crippen molar-refractivity contribution in [3.8, 4) is 0 Å². The Kier molecular flexibility index (Phi) is 3.58. The van der Waals surface area contributed by atoms with Crippen LogP contribution in [0.25, 0.3) is 0 Å². The van der Waals surface area contributed by atoms with Gasteiger partial charge in [0.1, 0.15) is 11.6 Å². The van der Waals surface area contributed by atoms with Crippen LogP contribution in [0.2, 0.25) is 0 Å². The van der Waals surface area contributed by atoms with Gasteiger partial charge in [-0.05, 0) is 37.5 Å². The number of H-pyrrole nitrogens is 1. The predicted molar refractivity (Wildman–Crippen MR) is 76.4 cm³/mol. The summed E-state index contributed by atoms with van der Waals surface area (Å²) in [6.07, 6.45) is 7.62. The predicted octanol–water partition coefficient (Wildman–Crippen LogP) is 2.89. The number of hydrogen-bond acceptors (Lipinski definition) is 3. The van der Waals surface area contributed by atoms with Gasteiger partial charge in [-0.2, -0.15) is 0 Å². The maximum absolute atomic E-state index is 11.6. The van der Waals surface area contributed by atoms with Gasteiger partial charge in [0.25, 0.3) is 5.56 Å². The molecule has 0 spiro atoms. The van der Waals surface area contributed by atoms with Crippen molar-refractivity contribution < 1.29 is 0 Å². The van der Waals surface area contributed by atoms with Gasteiger partial charge in [-0.3, -0.25) is 4.79 Å². The van der Waals surface area contributed by atoms with Crippen molar-refractivity contribution in [2.75, 3.05) is 11.9 Å². The van der Waals surface area contributed by atoms with Gasteiger partial charge in [0.2, 0.25) is 0 Å². The van der Waals surface area contributed by atoms with Gasteiger partial charge in [0.15, 0.2) is 0 Å². The van der Waals surface area contributed by atoms with E-state index >= 15 is 0 Å². The van der Waals surface area contributed by atoms with Gasteiger partial charge in [-0.15, -0.1) is 0 Å². The lowest BCUT2D eigenvalue weighted by molar-refractivity contribution is 0.293. The number of anilines is 1. The van der Waals surface area contributed by atoms with E-state index in [4.69, 9.17) is 0 Å². The molecule has 4 nitrogen and oxygen atoms in total. The van der Waals surface area contributed by atoms with E-state index in [1.807, 2.05) is 0 Å². The molecule has 0 radical (unpaired) electrons. The van der Waals surface area contributed by atoms with E-state index in [1.54, 1.807) is 6.07 Å². The lowest BCUT2D eigenvalue weighted by Gasteiger charge is -2.26. The number of hydrogen-bond donors (Lipinski definition) is 2. The van der Waals surface area contributed by atoms with Crippen LogP contribution in [0.3, 0.4) is 0 Å². The molecule has 1 aromatic rings. The molecule has 2 aliphatic rings. The van der Waals surface area contributed by atoms with Crippen LogP contribution in [-0.2, 0) is 0 Å². The summed E-state index contributed by atoms with van der Waals surface area (Å²) in [6.45, 7) is 3.29. The first-order chi connectivity index (χ1) is 9.20. The first kappa shape index (κ1) is 12.7. The minimum Gasteiger partial charge on any atom is -0.370 e. The second-order valence-electron chi connectivity index (χ2n) is 6.31. The molecule has 2 fully saturated rings. The molecule has 0 amide bonds. The van der Waals surface area contributed by atoms with Crippen LogP contribution in [0.4, 0.5) is 5.82 Å². The summed E-state index contributed by atoms with van der Waals surface area (Å²) in [5, 5.41) is 3.37. The molecule has 104 valence electrons. The highest BCUT2D eigenvalue weighted by atomic mass is 16.1. The van der Waals surface area contributed by atoms with Crippen LogP contribution in [0.15, 0.2) is 10.9 Å². The molecule has 2 unspecified atom stereocenters. The molecule has 2 aliphatic carbocycles. The number of nitrogens with one attached hydrogen (secondary N) is 2. The molecule has 2 atom stereocenters. The molecule has 4 heteroatoms. The molecule has 2 saturated carbocycles. The molecule has 19 heavy (non-hydrogen) atoms. The summed E-state index contributed by atoms with van der Waals surface area (Å²) < 4.78 is 0. The second kappa shape index (κ2) is 5.35. The SMILES string of the molecule is CC1CCCC(CNc2cc(=O)[nH]c(C3CC3)n2)C1. The zero-order chi connectivity index (χ0) is 13.2. The summed E-state index contributed by atoms with van der Waals surface area (Å²) in [5.74, 6) is 3.68. The lowest BCUT2D eigenvalue weighted by Crippen LogP contribution is -2.22. The fourth-order valence-electron chi connectivity index (χ4n) is 3.11. The first-order valence-electron chi connectivity index (χ1n) is 7.56. The zero-order valence-corrected chi connectivity index (χ0v) is 11.6. The Labute approximate surface area is 114 Å². The molecule has 0 aromatic carbocycles. The lowest BCUT2D eigenvalue weighted by atomic mass is 9.82. The monoisotopic (exact) mass is 261 g/mol. The van der Waals surface area contributed by atoms with E-state index in [0.29, 0.717) is 5.92 Å². The van der Waals surface area contributed by atoms with Crippen molar-refractivity contribution >= 4 is 5.82 Å². The van der Waals surface area contributed by atoms with E-state index in [0.717, 1.165) is 42.9 Å². The van der Waals surface area contributed by atoms with Crippen molar-refractivity contribution in [1.82, 2.24) is 9.97 Å². The van der Waals surface area contributed by atoms with E-state index in [2.05, 4.69) is 22.2 Å². The minimum absolute atomic E-state index is 0.0311. The summed E-state index contributed by atoms with van der Waals surface area (Å²) in [4.78, 5) is 19.0. The number of nitrogens with zero attached hydrogens (tertiary/aromatic N) is 1. The van der Waals surface area contributed by atoms with Gasteiger partial charge in [-0.1, -0.05) is 19.8 Å². The Morgan fingerprint density at radius 1 is 1.37 bits per heavy atom. The Hall–Kier alpha value is -1.32. The molecule has 0 aliphatic heterocycles. The highest BCUT2D eigenvalue weighted by Crippen LogP contribution is 2.37. The summed E-state index contributed by atoms with van der Waals surface area (Å²) in [6, 6.07) is 1.58. The highest BCUT2D eigenvalue weighted by molar-refractivity contribution is 5.34. The molecular weight excluding hydrogens is 238 g/mol. The van der Waals surface area contributed by atoms with Crippen LogP contribution in [0, 0.1) is 11.8 Å². The quantitative estimate of drug-likeness (QED) is 0.876. The van der Waals surface area contributed by atoms with Gasteiger partial charge >= 0.3 is 0 Å². The molecule has 3 rings (SSSR count). The average Bonchev–Trinajstić information content (AvgIpc) is 3.20. The first-order valence-corrected chi connectivity index (χ1v) is 7.56. The Balaban J connectivity index is 1.61. The molecule has 1 aromatic heterocycles. The summed E-state index contributed by atoms with van der Waals surface area (Å²) >= 11 is 0. The smallest absolute Gasteiger partial charge is 0.252 e. The fourth-order valence-corrected chi connectivity index (χ4v) is 3.11. The number of aromatic amines is 1. The highest BCUT2D eigenvalue weighted by Gasteiger charge is 2.26. The van der Waals surface area contributed by atoms with Gasteiger partial charge in [0.05, 0.1) is 0 Å². The molecule has 0 bridgehead atoms. The average molecular weight is 261 g/mol. The summed E-state index contributed by atoms with van der Waals surface area (Å²) in [7, 11) is 0. The van der Waals surface area contributed by atoms with E-state index in [-0.39, 0.29) is 5.56 Å². The molecular formula is C15H23N3O. The van der Waals surface area contributed by atoms with Crippen LogP contribution >= 0.6 is 0 Å². The Morgan fingerprint density at radius 3 is 2.95 bits per heavy atom. The van der Waals surface area contributed by atoms with Crippen molar-refractivity contribution in [3.05, 3.63) is 22.2 Å². The normalized spacial score (nSPS) is 27.2. The van der Waals surface area contributed by atoms with Gasteiger partial charge < -0.3 is 10.3 Å². The Morgan fingerprint density at radius 2 is 2.21 bits per heavy atom. The van der Waals surface area contributed by atoms with Crippen molar-refractivity contribution in [2.24, 2.45) is 11.8 Å². The van der Waals surface area contributed by atoms with E-state index < -0.39 is 0 Å². The van der Waals surface area contributed by atoms with Crippen LogP contribution in [0.1, 0.15) is 57.2 Å². The fraction of sp³-hybridized carbons (Fsp3) is 0.733. The van der Waals surface area contributed by atoms with Gasteiger partial charge in [-0.25, -0.2) is 4.98 Å². The van der Waals surface area contributed by atoms with Crippen LogP contribution in [0.5, 0.6) is 0 Å². The van der Waals surface area contributed by atoms with Gasteiger partial charge in [0, 0.05) is 18.5 Å². The second-order valence-corrected chi connectivity index (χ2v) is 6.31. The van der Waals surface area contributed by atoms with Crippen molar-refractivity contribution in [2.45, 2.75) is 51.4 Å². The van der Waals surface area contributed by atoms with E-state index in [9.17, 15) is 4.79 Å². The Bertz CT molecular complexity index is 492. The third-order valence-corrected chi connectivity index (χ3v) is 4.34. The topological polar surface area (TPSA) is 57.8 Å². The van der Waals surface area contributed by atoms with Crippen molar-refractivity contribution in [1.29, 1.82) is 0 Å². The molecule has 2 N–H and O–H groups in total. The molecule has 0 saturated heterocycles. The third kappa shape index (κ3) is 3.37.